The van der Waals surface area contributed by atoms with Gasteiger partial charge in [0.15, 0.2) is 0 Å². The second kappa shape index (κ2) is 6.27. The number of halogens is 2. The number of rotatable bonds is 6. The van der Waals surface area contributed by atoms with Crippen molar-refractivity contribution >= 4 is 26.0 Å². The Morgan fingerprint density at radius 1 is 1.60 bits per heavy atom. The summed E-state index contributed by atoms with van der Waals surface area (Å²) in [5.74, 6) is 0. The Hall–Kier alpha value is -0.360. The first-order chi connectivity index (χ1) is 6.84. The monoisotopic (exact) mass is 299 g/mol. The van der Waals surface area contributed by atoms with Crippen LogP contribution in [-0.2, 0) is 10.0 Å². The minimum atomic E-state index is -3.36. The lowest BCUT2D eigenvalue weighted by molar-refractivity contribution is 0.413. The van der Waals surface area contributed by atoms with E-state index in [0.717, 1.165) is 6.26 Å². The second-order valence-corrected chi connectivity index (χ2v) is 5.78. The highest BCUT2D eigenvalue weighted by molar-refractivity contribution is 9.11. The molecule has 0 spiro atoms. The van der Waals surface area contributed by atoms with Crippen molar-refractivity contribution in [2.75, 3.05) is 19.5 Å². The van der Waals surface area contributed by atoms with E-state index in [4.69, 9.17) is 0 Å². The Morgan fingerprint density at radius 2 is 2.13 bits per heavy atom. The van der Waals surface area contributed by atoms with Crippen molar-refractivity contribution in [2.24, 2.45) is 0 Å². The van der Waals surface area contributed by atoms with Crippen molar-refractivity contribution < 1.29 is 12.8 Å². The maximum atomic E-state index is 12.0. The standard InChI is InChI=1S/C9H15BrFNO2S/c1-4-9(10)8(2)12(7-5-6-11)15(3,13)14/h4H,1,5-7H2,2-3H3. The Morgan fingerprint density at radius 3 is 2.47 bits per heavy atom. The second-order valence-electron chi connectivity index (χ2n) is 3.02. The van der Waals surface area contributed by atoms with Crippen molar-refractivity contribution in [1.82, 2.24) is 4.31 Å². The molecule has 0 fully saturated rings. The summed E-state index contributed by atoms with van der Waals surface area (Å²) in [6, 6.07) is 0. The molecule has 0 aromatic carbocycles. The van der Waals surface area contributed by atoms with E-state index < -0.39 is 16.7 Å². The Labute approximate surface area is 98.8 Å². The predicted octanol–water partition coefficient (Wildman–Crippen LogP) is 2.42. The highest BCUT2D eigenvalue weighted by atomic mass is 79.9. The summed E-state index contributed by atoms with van der Waals surface area (Å²) >= 11 is 3.19. The SMILES string of the molecule is C=CC(Br)=C(C)N(CCCF)S(C)(=O)=O. The van der Waals surface area contributed by atoms with Gasteiger partial charge >= 0.3 is 0 Å². The minimum absolute atomic E-state index is 0.143. The van der Waals surface area contributed by atoms with Crippen LogP contribution in [0, 0.1) is 0 Å². The first-order valence-corrected chi connectivity index (χ1v) is 7.01. The fourth-order valence-corrected chi connectivity index (χ4v) is 2.44. The molecule has 3 nitrogen and oxygen atoms in total. The summed E-state index contributed by atoms with van der Waals surface area (Å²) in [6.45, 7) is 4.78. The number of hydrogen-bond donors (Lipinski definition) is 0. The highest BCUT2D eigenvalue weighted by Gasteiger charge is 2.17. The van der Waals surface area contributed by atoms with Gasteiger partial charge in [0, 0.05) is 16.7 Å². The van der Waals surface area contributed by atoms with E-state index in [1.54, 1.807) is 6.92 Å². The lowest BCUT2D eigenvalue weighted by atomic mass is 10.4. The fraction of sp³-hybridized carbons (Fsp3) is 0.556. The van der Waals surface area contributed by atoms with E-state index in [-0.39, 0.29) is 13.0 Å². The summed E-state index contributed by atoms with van der Waals surface area (Å²) in [7, 11) is -3.36. The largest absolute Gasteiger partial charge is 0.273 e. The summed E-state index contributed by atoms with van der Waals surface area (Å²) in [5, 5.41) is 0. The maximum absolute atomic E-state index is 12.0. The number of nitrogens with zero attached hydrogens (tertiary/aromatic N) is 1. The van der Waals surface area contributed by atoms with Gasteiger partial charge in [-0.25, -0.2) is 8.42 Å². The van der Waals surface area contributed by atoms with Crippen LogP contribution in [0.2, 0.25) is 0 Å². The van der Waals surface area contributed by atoms with Crippen molar-refractivity contribution in [2.45, 2.75) is 13.3 Å². The predicted molar refractivity (Wildman–Crippen MR) is 64.0 cm³/mol. The molecule has 6 heteroatoms. The van der Waals surface area contributed by atoms with Crippen LogP contribution >= 0.6 is 15.9 Å². The molecule has 0 aliphatic carbocycles. The first kappa shape index (κ1) is 14.6. The minimum Gasteiger partial charge on any atom is -0.273 e. The smallest absolute Gasteiger partial charge is 0.232 e. The van der Waals surface area contributed by atoms with Gasteiger partial charge in [-0.3, -0.25) is 8.70 Å². The normalized spacial score (nSPS) is 13.3. The quantitative estimate of drug-likeness (QED) is 0.707. The highest BCUT2D eigenvalue weighted by Crippen LogP contribution is 2.19. The van der Waals surface area contributed by atoms with Gasteiger partial charge in [-0.1, -0.05) is 12.7 Å². The third kappa shape index (κ3) is 4.79. The molecule has 0 radical (unpaired) electrons. The third-order valence-electron chi connectivity index (χ3n) is 1.79. The van der Waals surface area contributed by atoms with Crippen molar-refractivity contribution in [3.8, 4) is 0 Å². The average molecular weight is 300 g/mol. The van der Waals surface area contributed by atoms with Crippen LogP contribution in [0.4, 0.5) is 4.39 Å². The van der Waals surface area contributed by atoms with Gasteiger partial charge in [-0.2, -0.15) is 0 Å². The molecule has 0 heterocycles. The molecular weight excluding hydrogens is 285 g/mol. The summed E-state index contributed by atoms with van der Waals surface area (Å²) in [6.07, 6.45) is 2.78. The van der Waals surface area contributed by atoms with Crippen molar-refractivity contribution in [3.05, 3.63) is 22.8 Å². The van der Waals surface area contributed by atoms with Crippen molar-refractivity contribution in [3.63, 3.8) is 0 Å². The molecule has 0 aliphatic rings. The topological polar surface area (TPSA) is 37.4 Å². The molecule has 0 unspecified atom stereocenters. The van der Waals surface area contributed by atoms with E-state index in [0.29, 0.717) is 10.2 Å². The van der Waals surface area contributed by atoms with Crippen LogP contribution in [-0.4, -0.2) is 32.2 Å². The molecule has 88 valence electrons. The lowest BCUT2D eigenvalue weighted by Gasteiger charge is -2.23. The average Bonchev–Trinajstić information content (AvgIpc) is 2.14. The molecule has 0 saturated carbocycles. The van der Waals surface area contributed by atoms with Crippen LogP contribution in [0.1, 0.15) is 13.3 Å². The van der Waals surface area contributed by atoms with Crippen LogP contribution in [0.25, 0.3) is 0 Å². The molecule has 0 aromatic heterocycles. The van der Waals surface area contributed by atoms with Gasteiger partial charge in [-0.05, 0) is 29.3 Å². The van der Waals surface area contributed by atoms with Crippen LogP contribution in [0.5, 0.6) is 0 Å². The molecule has 0 amide bonds. The van der Waals surface area contributed by atoms with Gasteiger partial charge < -0.3 is 0 Å². The van der Waals surface area contributed by atoms with E-state index >= 15 is 0 Å². The summed E-state index contributed by atoms with van der Waals surface area (Å²) in [5.41, 5.74) is 0.515. The molecule has 0 aromatic rings. The Bertz CT molecular complexity index is 351. The van der Waals surface area contributed by atoms with Crippen molar-refractivity contribution in [1.29, 1.82) is 0 Å². The van der Waals surface area contributed by atoms with E-state index in [9.17, 15) is 12.8 Å². The van der Waals surface area contributed by atoms with Gasteiger partial charge in [0.05, 0.1) is 12.9 Å². The van der Waals surface area contributed by atoms with Gasteiger partial charge in [0.2, 0.25) is 10.0 Å². The zero-order valence-corrected chi connectivity index (χ0v) is 11.2. The fourth-order valence-electron chi connectivity index (χ4n) is 1.05. The maximum Gasteiger partial charge on any atom is 0.232 e. The number of allylic oxidation sites excluding steroid dienone is 3. The van der Waals surface area contributed by atoms with Gasteiger partial charge in [0.25, 0.3) is 0 Å². The summed E-state index contributed by atoms with van der Waals surface area (Å²) in [4.78, 5) is 0. The molecule has 0 aliphatic heterocycles. The molecule has 0 rings (SSSR count). The third-order valence-corrected chi connectivity index (χ3v) is 3.95. The number of sulfonamides is 1. The lowest BCUT2D eigenvalue weighted by Crippen LogP contribution is -2.30. The molecule has 0 N–H and O–H groups in total. The Balaban J connectivity index is 5.04. The van der Waals surface area contributed by atoms with Crippen LogP contribution < -0.4 is 0 Å². The van der Waals surface area contributed by atoms with Gasteiger partial charge in [-0.15, -0.1) is 0 Å². The number of hydrogen-bond acceptors (Lipinski definition) is 2. The zero-order chi connectivity index (χ0) is 12.1. The number of alkyl halides is 1. The van der Waals surface area contributed by atoms with Gasteiger partial charge in [0.1, 0.15) is 0 Å². The van der Waals surface area contributed by atoms with Crippen LogP contribution in [0.3, 0.4) is 0 Å². The van der Waals surface area contributed by atoms with E-state index in [1.165, 1.54) is 10.4 Å². The molecule has 15 heavy (non-hydrogen) atoms. The van der Waals surface area contributed by atoms with Crippen LogP contribution in [0.15, 0.2) is 22.8 Å². The van der Waals surface area contributed by atoms with E-state index in [2.05, 4.69) is 22.5 Å². The molecule has 0 bridgehead atoms. The summed E-state index contributed by atoms with van der Waals surface area (Å²) < 4.78 is 36.6. The molecule has 0 atom stereocenters. The Kier molecular flexibility index (Phi) is 6.12. The zero-order valence-electron chi connectivity index (χ0n) is 8.83. The molecular formula is C9H15BrFNO2S. The first-order valence-electron chi connectivity index (χ1n) is 4.37. The van der Waals surface area contributed by atoms with E-state index in [1.807, 2.05) is 0 Å². The molecule has 0 saturated heterocycles.